The minimum atomic E-state index is -4.46. The zero-order chi connectivity index (χ0) is 26.7. The van der Waals surface area contributed by atoms with Crippen molar-refractivity contribution >= 4 is 5.78 Å². The van der Waals surface area contributed by atoms with E-state index in [-0.39, 0.29) is 12.2 Å². The summed E-state index contributed by atoms with van der Waals surface area (Å²) in [5.74, 6) is -0.167. The largest absolute Gasteiger partial charge is 0.416 e. The highest BCUT2D eigenvalue weighted by molar-refractivity contribution is 5.98. The highest BCUT2D eigenvalue weighted by Crippen LogP contribution is 2.35. The van der Waals surface area contributed by atoms with Crippen LogP contribution in [0.1, 0.15) is 69.2 Å². The molecule has 0 fully saturated rings. The Morgan fingerprint density at radius 1 is 1.22 bits per heavy atom. The molecule has 0 heterocycles. The average Bonchev–Trinajstić information content (AvgIpc) is 2.76. The summed E-state index contributed by atoms with van der Waals surface area (Å²) >= 11 is 0. The lowest BCUT2D eigenvalue weighted by Gasteiger charge is -2.33. The molecule has 194 valence electrons. The van der Waals surface area contributed by atoms with Gasteiger partial charge in [0.15, 0.2) is 5.78 Å². The summed E-state index contributed by atoms with van der Waals surface area (Å²) in [6.07, 6.45) is -0.582. The van der Waals surface area contributed by atoms with Crippen LogP contribution >= 0.6 is 0 Å². The Kier molecular flexibility index (Phi) is 8.44. The number of carbonyl (C=O) groups is 1. The van der Waals surface area contributed by atoms with E-state index in [4.69, 9.17) is 4.74 Å². The number of aliphatic hydroxyl groups is 1. The highest BCUT2D eigenvalue weighted by atomic mass is 19.4. The number of carbonyl (C=O) groups excluding carboxylic acids is 1. The SMILES string of the molecule is Cc1cc(C#N)ccc1C(NC(O)OC(C)(C)C)C1=C(NC2C=C(C(F)(F)F)C=CC2)CCCC1=O. The van der Waals surface area contributed by atoms with E-state index in [1.165, 1.54) is 6.08 Å². The van der Waals surface area contributed by atoms with Crippen LogP contribution in [0.3, 0.4) is 0 Å². The van der Waals surface area contributed by atoms with Gasteiger partial charge >= 0.3 is 6.18 Å². The van der Waals surface area contributed by atoms with Gasteiger partial charge in [-0.3, -0.25) is 10.1 Å². The number of ketones is 1. The fourth-order valence-corrected chi connectivity index (χ4v) is 4.45. The number of benzene rings is 1. The first-order valence-corrected chi connectivity index (χ1v) is 11.9. The predicted octanol–water partition coefficient (Wildman–Crippen LogP) is 5.00. The smallest absolute Gasteiger partial charge is 0.381 e. The zero-order valence-electron chi connectivity index (χ0n) is 20.9. The van der Waals surface area contributed by atoms with Crippen molar-refractivity contribution in [1.29, 1.82) is 5.26 Å². The minimum absolute atomic E-state index is 0.167. The molecule has 2 aliphatic rings. The van der Waals surface area contributed by atoms with Crippen LogP contribution in [-0.4, -0.2) is 35.1 Å². The van der Waals surface area contributed by atoms with Gasteiger partial charge < -0.3 is 15.2 Å². The molecule has 36 heavy (non-hydrogen) atoms. The lowest BCUT2D eigenvalue weighted by atomic mass is 9.84. The summed E-state index contributed by atoms with van der Waals surface area (Å²) < 4.78 is 45.5. The molecule has 1 aromatic carbocycles. The molecule has 1 aromatic rings. The fraction of sp³-hybridized carbons (Fsp3) is 0.481. The van der Waals surface area contributed by atoms with Crippen LogP contribution in [0.25, 0.3) is 0 Å². The van der Waals surface area contributed by atoms with Crippen LogP contribution in [0.4, 0.5) is 13.2 Å². The number of hydrogen-bond acceptors (Lipinski definition) is 6. The average molecular weight is 504 g/mol. The quantitative estimate of drug-likeness (QED) is 0.454. The van der Waals surface area contributed by atoms with E-state index >= 15 is 0 Å². The number of hydrogen-bond donors (Lipinski definition) is 3. The Labute approximate surface area is 209 Å². The lowest BCUT2D eigenvalue weighted by molar-refractivity contribution is -0.184. The molecule has 0 amide bonds. The Morgan fingerprint density at radius 3 is 2.56 bits per heavy atom. The maximum Gasteiger partial charge on any atom is 0.416 e. The van der Waals surface area contributed by atoms with E-state index in [1.54, 1.807) is 45.9 Å². The molecular weight excluding hydrogens is 471 g/mol. The molecule has 0 spiro atoms. The molecule has 3 rings (SSSR count). The summed E-state index contributed by atoms with van der Waals surface area (Å²) in [4.78, 5) is 13.3. The summed E-state index contributed by atoms with van der Waals surface area (Å²) in [6, 6.07) is 5.66. The monoisotopic (exact) mass is 503 g/mol. The number of nitrogens with zero attached hydrogens (tertiary/aromatic N) is 1. The molecule has 0 radical (unpaired) electrons. The molecule has 6 nitrogen and oxygen atoms in total. The Hall–Kier alpha value is -2.93. The molecule has 0 saturated carbocycles. The third-order valence-electron chi connectivity index (χ3n) is 5.98. The van der Waals surface area contributed by atoms with Gasteiger partial charge in [0.05, 0.1) is 28.8 Å². The van der Waals surface area contributed by atoms with Crippen LogP contribution in [0.2, 0.25) is 0 Å². The van der Waals surface area contributed by atoms with Crippen molar-refractivity contribution in [2.45, 2.75) is 83.7 Å². The van der Waals surface area contributed by atoms with E-state index in [1.807, 2.05) is 0 Å². The van der Waals surface area contributed by atoms with Crippen molar-refractivity contribution < 1.29 is 27.8 Å². The van der Waals surface area contributed by atoms with Crippen molar-refractivity contribution in [1.82, 2.24) is 10.6 Å². The van der Waals surface area contributed by atoms with Gasteiger partial charge in [-0.25, -0.2) is 0 Å². The number of aliphatic hydroxyl groups excluding tert-OH is 1. The van der Waals surface area contributed by atoms with Crippen LogP contribution in [0, 0.1) is 18.3 Å². The van der Waals surface area contributed by atoms with Crippen LogP contribution in [0.15, 0.2) is 53.3 Å². The minimum Gasteiger partial charge on any atom is -0.381 e. The number of rotatable bonds is 7. The normalized spacial score (nSPS) is 20.6. The van der Waals surface area contributed by atoms with E-state index in [0.29, 0.717) is 41.7 Å². The van der Waals surface area contributed by atoms with Gasteiger partial charge in [-0.15, -0.1) is 0 Å². The Bertz CT molecular complexity index is 1120. The number of Topliss-reactive ketones (excluding diaryl/α,β-unsaturated/α-hetero) is 1. The van der Waals surface area contributed by atoms with E-state index < -0.39 is 35.8 Å². The summed E-state index contributed by atoms with van der Waals surface area (Å²) in [6.45, 7) is 7.13. The number of alkyl halides is 3. The van der Waals surface area contributed by atoms with Gasteiger partial charge in [-0.2, -0.15) is 18.4 Å². The fourth-order valence-electron chi connectivity index (χ4n) is 4.45. The first kappa shape index (κ1) is 27.7. The van der Waals surface area contributed by atoms with Gasteiger partial charge in [0.1, 0.15) is 0 Å². The first-order chi connectivity index (χ1) is 16.8. The van der Waals surface area contributed by atoms with E-state index in [9.17, 15) is 28.3 Å². The number of nitrogens with one attached hydrogen (secondary N) is 2. The Balaban J connectivity index is 2.06. The van der Waals surface area contributed by atoms with Crippen LogP contribution < -0.4 is 10.6 Å². The summed E-state index contributed by atoms with van der Waals surface area (Å²) in [5.41, 5.74) is 1.29. The summed E-state index contributed by atoms with van der Waals surface area (Å²) in [5, 5.41) is 26.1. The van der Waals surface area contributed by atoms with Crippen molar-refractivity contribution in [3.05, 3.63) is 70.0 Å². The van der Waals surface area contributed by atoms with Crippen molar-refractivity contribution in [2.75, 3.05) is 0 Å². The van der Waals surface area contributed by atoms with E-state index in [2.05, 4.69) is 16.7 Å². The molecule has 3 atom stereocenters. The lowest BCUT2D eigenvalue weighted by Crippen LogP contribution is -2.43. The number of aryl methyl sites for hydroxylation is 1. The maximum atomic E-state index is 13.3. The molecule has 2 aliphatic carbocycles. The Morgan fingerprint density at radius 2 is 1.94 bits per heavy atom. The molecule has 0 saturated heterocycles. The third kappa shape index (κ3) is 7.06. The number of allylic oxidation sites excluding steroid dienone is 3. The molecule has 3 unspecified atom stereocenters. The molecule has 0 aromatic heterocycles. The molecule has 9 heteroatoms. The molecule has 0 bridgehead atoms. The third-order valence-corrected chi connectivity index (χ3v) is 5.98. The number of halogens is 3. The second-order valence-corrected chi connectivity index (χ2v) is 10.0. The van der Waals surface area contributed by atoms with Gasteiger partial charge in [0.2, 0.25) is 6.41 Å². The van der Waals surface area contributed by atoms with Gasteiger partial charge in [0.25, 0.3) is 0 Å². The topological polar surface area (TPSA) is 94.4 Å². The van der Waals surface area contributed by atoms with Crippen molar-refractivity contribution in [2.24, 2.45) is 0 Å². The zero-order valence-corrected chi connectivity index (χ0v) is 20.9. The second-order valence-electron chi connectivity index (χ2n) is 10.0. The highest BCUT2D eigenvalue weighted by Gasteiger charge is 2.35. The van der Waals surface area contributed by atoms with Gasteiger partial charge in [-0.1, -0.05) is 18.2 Å². The maximum absolute atomic E-state index is 13.3. The number of ether oxygens (including phenoxy) is 1. The van der Waals surface area contributed by atoms with E-state index in [0.717, 1.165) is 17.7 Å². The molecular formula is C27H32F3N3O3. The first-order valence-electron chi connectivity index (χ1n) is 11.9. The van der Waals surface area contributed by atoms with Crippen molar-refractivity contribution in [3.63, 3.8) is 0 Å². The second kappa shape index (κ2) is 11.0. The molecule has 0 aliphatic heterocycles. The van der Waals surface area contributed by atoms with Crippen LogP contribution in [-0.2, 0) is 9.53 Å². The standard InChI is InChI=1S/C27H32F3N3O3/c1-16-13-17(15-31)11-12-20(16)24(33-25(35)36-26(2,3)4)23-21(9-6-10-22(23)34)32-19-8-5-7-18(14-19)27(28,29)30/h5,7,11-14,19,24-25,32-33,35H,6,8-10H2,1-4H3. The van der Waals surface area contributed by atoms with Crippen molar-refractivity contribution in [3.8, 4) is 6.07 Å². The summed E-state index contributed by atoms with van der Waals surface area (Å²) in [7, 11) is 0. The number of nitriles is 1. The predicted molar refractivity (Wildman–Crippen MR) is 129 cm³/mol. The molecule has 3 N–H and O–H groups in total. The van der Waals surface area contributed by atoms with Gasteiger partial charge in [0, 0.05) is 23.7 Å². The van der Waals surface area contributed by atoms with Gasteiger partial charge in [-0.05, 0) is 76.3 Å². The van der Waals surface area contributed by atoms with Crippen LogP contribution in [0.5, 0.6) is 0 Å².